The van der Waals surface area contributed by atoms with Crippen molar-refractivity contribution < 1.29 is 14.3 Å². The third-order valence-corrected chi connectivity index (χ3v) is 5.13. The van der Waals surface area contributed by atoms with Crippen LogP contribution in [-0.2, 0) is 9.59 Å². The van der Waals surface area contributed by atoms with E-state index in [1.807, 2.05) is 22.9 Å². The Morgan fingerprint density at radius 3 is 3.08 bits per heavy atom. The first-order valence-corrected chi connectivity index (χ1v) is 9.14. The van der Waals surface area contributed by atoms with E-state index in [0.717, 1.165) is 10.6 Å². The van der Waals surface area contributed by atoms with Crippen LogP contribution < -0.4 is 15.0 Å². The molecule has 0 saturated heterocycles. The number of rotatable bonds is 4. The molecule has 0 atom stereocenters. The summed E-state index contributed by atoms with van der Waals surface area (Å²) in [5, 5.41) is 7.09. The molecule has 2 amide bonds. The highest BCUT2D eigenvalue weighted by atomic mass is 32.1. The molecular weight excluding hydrogens is 360 g/mol. The van der Waals surface area contributed by atoms with Crippen LogP contribution in [0.25, 0.3) is 10.6 Å². The summed E-state index contributed by atoms with van der Waals surface area (Å²) in [7, 11) is 0. The average molecular weight is 372 g/mol. The second-order valence-corrected chi connectivity index (χ2v) is 6.96. The highest BCUT2D eigenvalue weighted by Gasteiger charge is 2.28. The quantitative estimate of drug-likeness (QED) is 0.761. The molecule has 4 heterocycles. The summed E-state index contributed by atoms with van der Waals surface area (Å²) in [5.41, 5.74) is 0.824. The Labute approximate surface area is 150 Å². The predicted molar refractivity (Wildman–Crippen MR) is 96.1 cm³/mol. The van der Waals surface area contributed by atoms with E-state index in [2.05, 4.69) is 15.3 Å². The van der Waals surface area contributed by atoms with Crippen LogP contribution in [0.4, 0.5) is 10.9 Å². The molecule has 1 N–H and O–H groups in total. The van der Waals surface area contributed by atoms with Gasteiger partial charge in [0.15, 0.2) is 23.3 Å². The molecular formula is C16H12N4O3S2. The number of amides is 2. The second-order valence-electron chi connectivity index (χ2n) is 5.16. The summed E-state index contributed by atoms with van der Waals surface area (Å²) in [6.07, 6.45) is 1.56. The lowest BCUT2D eigenvalue weighted by molar-refractivity contribution is -0.123. The van der Waals surface area contributed by atoms with Crippen molar-refractivity contribution >= 4 is 45.4 Å². The number of thiophene rings is 1. The molecule has 0 unspecified atom stereocenters. The van der Waals surface area contributed by atoms with Gasteiger partial charge in [0.05, 0.1) is 10.6 Å². The Bertz CT molecular complexity index is 923. The molecule has 0 spiro atoms. The lowest BCUT2D eigenvalue weighted by Crippen LogP contribution is -2.43. The van der Waals surface area contributed by atoms with Gasteiger partial charge in [-0.1, -0.05) is 6.07 Å². The molecule has 1 aliphatic heterocycles. The van der Waals surface area contributed by atoms with Crippen molar-refractivity contribution in [3.05, 3.63) is 41.2 Å². The second kappa shape index (κ2) is 6.61. The number of anilines is 2. The van der Waals surface area contributed by atoms with Gasteiger partial charge in [-0.15, -0.1) is 22.7 Å². The van der Waals surface area contributed by atoms with Gasteiger partial charge < -0.3 is 10.1 Å². The number of aromatic nitrogens is 2. The van der Waals surface area contributed by atoms with Crippen molar-refractivity contribution in [2.24, 2.45) is 0 Å². The minimum atomic E-state index is -0.334. The summed E-state index contributed by atoms with van der Waals surface area (Å²) in [6.45, 7) is -0.244. The number of pyridine rings is 1. The number of thiazole rings is 1. The molecule has 3 aromatic heterocycles. The van der Waals surface area contributed by atoms with Crippen LogP contribution in [0.5, 0.6) is 5.75 Å². The topological polar surface area (TPSA) is 84.4 Å². The van der Waals surface area contributed by atoms with Gasteiger partial charge in [-0.3, -0.25) is 14.5 Å². The average Bonchev–Trinajstić information content (AvgIpc) is 3.29. The smallest absolute Gasteiger partial charge is 0.266 e. The maximum absolute atomic E-state index is 12.3. The van der Waals surface area contributed by atoms with E-state index in [1.54, 1.807) is 29.7 Å². The first-order chi connectivity index (χ1) is 12.2. The summed E-state index contributed by atoms with van der Waals surface area (Å²) in [5.74, 6) is 0.204. The summed E-state index contributed by atoms with van der Waals surface area (Å²) < 4.78 is 5.32. The fraction of sp³-hybridized carbons (Fsp3) is 0.125. The maximum atomic E-state index is 12.3. The fourth-order valence-electron chi connectivity index (χ4n) is 2.37. The first kappa shape index (κ1) is 15.7. The van der Waals surface area contributed by atoms with Crippen LogP contribution in [0, 0.1) is 0 Å². The highest BCUT2D eigenvalue weighted by molar-refractivity contribution is 7.16. The number of nitrogens with one attached hydrogen (secondary N) is 1. The van der Waals surface area contributed by atoms with Crippen molar-refractivity contribution in [3.8, 4) is 16.3 Å². The largest absolute Gasteiger partial charge is 0.480 e. The first-order valence-electron chi connectivity index (χ1n) is 7.38. The number of carbonyl (C=O) groups is 2. The Hall–Kier alpha value is -2.78. The van der Waals surface area contributed by atoms with Crippen molar-refractivity contribution in [1.29, 1.82) is 0 Å². The number of nitrogens with zero attached hydrogens (tertiary/aromatic N) is 3. The molecule has 1 aliphatic rings. The van der Waals surface area contributed by atoms with Gasteiger partial charge in [-0.25, -0.2) is 9.97 Å². The van der Waals surface area contributed by atoms with Crippen molar-refractivity contribution in [2.75, 3.05) is 23.4 Å². The molecule has 0 aromatic carbocycles. The van der Waals surface area contributed by atoms with Crippen LogP contribution in [0.1, 0.15) is 0 Å². The molecule has 0 aliphatic carbocycles. The molecule has 0 bridgehead atoms. The van der Waals surface area contributed by atoms with E-state index >= 15 is 0 Å². The predicted octanol–water partition coefficient (Wildman–Crippen LogP) is 2.63. The molecule has 0 fully saturated rings. The van der Waals surface area contributed by atoms with Gasteiger partial charge in [-0.05, 0) is 23.6 Å². The molecule has 0 saturated carbocycles. The van der Waals surface area contributed by atoms with E-state index in [9.17, 15) is 9.59 Å². The van der Waals surface area contributed by atoms with Crippen LogP contribution in [0.2, 0.25) is 0 Å². The summed E-state index contributed by atoms with van der Waals surface area (Å²) >= 11 is 2.93. The zero-order chi connectivity index (χ0) is 17.2. The van der Waals surface area contributed by atoms with Gasteiger partial charge in [0.25, 0.3) is 5.91 Å². The molecule has 9 heteroatoms. The van der Waals surface area contributed by atoms with Crippen molar-refractivity contribution in [2.45, 2.75) is 0 Å². The standard InChI is InChI=1S/C16H12N4O3S2/c21-13(19-16-18-10(9-25-16)12-4-2-6-24-12)7-20-14(22)8-23-11-3-1-5-17-15(11)20/h1-6,9H,7-8H2,(H,18,19,21). The Balaban J connectivity index is 1.47. The minimum Gasteiger partial charge on any atom is -0.480 e. The van der Waals surface area contributed by atoms with Gasteiger partial charge >= 0.3 is 0 Å². The van der Waals surface area contributed by atoms with Crippen molar-refractivity contribution in [1.82, 2.24) is 9.97 Å². The van der Waals surface area contributed by atoms with Crippen LogP contribution in [-0.4, -0.2) is 34.9 Å². The Kier molecular flexibility index (Phi) is 4.16. The van der Waals surface area contributed by atoms with E-state index in [0.29, 0.717) is 16.7 Å². The zero-order valence-electron chi connectivity index (χ0n) is 12.8. The number of fused-ring (bicyclic) bond motifs is 1. The molecule has 7 nitrogen and oxygen atoms in total. The van der Waals surface area contributed by atoms with Gasteiger partial charge in [0.2, 0.25) is 5.91 Å². The monoisotopic (exact) mass is 372 g/mol. The number of hydrogen-bond acceptors (Lipinski definition) is 7. The summed E-state index contributed by atoms with van der Waals surface area (Å²) in [6, 6.07) is 7.36. The molecule has 3 aromatic rings. The Morgan fingerprint density at radius 2 is 2.24 bits per heavy atom. The summed E-state index contributed by atoms with van der Waals surface area (Å²) in [4.78, 5) is 35.3. The third-order valence-electron chi connectivity index (χ3n) is 3.48. The van der Waals surface area contributed by atoms with Gasteiger partial charge in [0, 0.05) is 11.6 Å². The highest BCUT2D eigenvalue weighted by Crippen LogP contribution is 2.30. The maximum Gasteiger partial charge on any atom is 0.266 e. The Morgan fingerprint density at radius 1 is 1.32 bits per heavy atom. The van der Waals surface area contributed by atoms with Crippen molar-refractivity contribution in [3.63, 3.8) is 0 Å². The van der Waals surface area contributed by atoms with E-state index in [1.165, 1.54) is 16.2 Å². The molecule has 126 valence electrons. The fourth-order valence-corrected chi connectivity index (χ4v) is 3.85. The lowest BCUT2D eigenvalue weighted by Gasteiger charge is -2.27. The normalized spacial score (nSPS) is 13.3. The van der Waals surface area contributed by atoms with E-state index < -0.39 is 0 Å². The number of ether oxygens (including phenoxy) is 1. The molecule has 25 heavy (non-hydrogen) atoms. The molecule has 4 rings (SSSR count). The van der Waals surface area contributed by atoms with Gasteiger partial charge in [0.1, 0.15) is 6.54 Å². The minimum absolute atomic E-state index is 0.105. The molecule has 0 radical (unpaired) electrons. The van der Waals surface area contributed by atoms with E-state index in [-0.39, 0.29) is 25.0 Å². The van der Waals surface area contributed by atoms with Crippen LogP contribution in [0.3, 0.4) is 0 Å². The third kappa shape index (κ3) is 3.24. The van der Waals surface area contributed by atoms with Gasteiger partial charge in [-0.2, -0.15) is 0 Å². The number of carbonyl (C=O) groups excluding carboxylic acids is 2. The van der Waals surface area contributed by atoms with E-state index in [4.69, 9.17) is 4.74 Å². The zero-order valence-corrected chi connectivity index (χ0v) is 14.5. The van der Waals surface area contributed by atoms with Crippen LogP contribution in [0.15, 0.2) is 41.2 Å². The van der Waals surface area contributed by atoms with Crippen LogP contribution >= 0.6 is 22.7 Å². The SMILES string of the molecule is O=C(CN1C(=O)COc2cccnc21)Nc1nc(-c2cccs2)cs1. The lowest BCUT2D eigenvalue weighted by atomic mass is 10.3. The number of hydrogen-bond donors (Lipinski definition) is 1.